The summed E-state index contributed by atoms with van der Waals surface area (Å²) in [5.74, 6) is 1.22. The molecule has 2 aromatic rings. The van der Waals surface area contributed by atoms with Gasteiger partial charge in [-0.1, -0.05) is 51.3 Å². The second-order valence-corrected chi connectivity index (χ2v) is 5.99. The highest BCUT2D eigenvalue weighted by atomic mass is 79.9. The van der Waals surface area contributed by atoms with E-state index in [2.05, 4.69) is 15.9 Å². The Morgan fingerprint density at radius 2 is 1.67 bits per heavy atom. The van der Waals surface area contributed by atoms with Gasteiger partial charge in [-0.15, -0.1) is 0 Å². The number of hydrogen-bond acceptors (Lipinski definition) is 3. The van der Waals surface area contributed by atoms with Gasteiger partial charge in [-0.05, 0) is 29.3 Å². The van der Waals surface area contributed by atoms with Gasteiger partial charge in [0.1, 0.15) is 0 Å². The van der Waals surface area contributed by atoms with Gasteiger partial charge in [-0.25, -0.2) is 0 Å². The molecule has 2 rings (SSSR count). The highest BCUT2D eigenvalue weighted by Gasteiger charge is 2.19. The fraction of sp³-hybridized carbons (Fsp3) is 0.200. The minimum Gasteiger partial charge on any atom is -0.493 e. The van der Waals surface area contributed by atoms with Crippen molar-refractivity contribution in [2.45, 2.75) is 6.04 Å². The molecule has 3 nitrogen and oxygen atoms in total. The third-order valence-electron chi connectivity index (χ3n) is 3.15. The summed E-state index contributed by atoms with van der Waals surface area (Å²) in [5, 5.41) is 0.926. The van der Waals surface area contributed by atoms with Crippen LogP contribution in [0.5, 0.6) is 11.5 Å². The molecule has 0 heterocycles. The third kappa shape index (κ3) is 3.29. The number of hydrogen-bond donors (Lipinski definition) is 1. The number of nitrogens with two attached hydrogens (primary N) is 1. The van der Waals surface area contributed by atoms with Crippen LogP contribution in [0.25, 0.3) is 0 Å². The zero-order valence-electron chi connectivity index (χ0n) is 11.5. The predicted molar refractivity (Wildman–Crippen MR) is 89.7 cm³/mol. The number of halogens is 3. The summed E-state index contributed by atoms with van der Waals surface area (Å²) in [4.78, 5) is 0. The summed E-state index contributed by atoms with van der Waals surface area (Å²) >= 11 is 15.8. The zero-order valence-corrected chi connectivity index (χ0v) is 14.6. The lowest BCUT2D eigenvalue weighted by molar-refractivity contribution is 0.354. The Hall–Kier alpha value is -0.940. The first-order chi connectivity index (χ1) is 9.99. The molecule has 112 valence electrons. The van der Waals surface area contributed by atoms with Gasteiger partial charge in [0.2, 0.25) is 0 Å². The largest absolute Gasteiger partial charge is 0.493 e. The van der Waals surface area contributed by atoms with Crippen LogP contribution >= 0.6 is 39.1 Å². The Kier molecular flexibility index (Phi) is 5.38. The molecule has 21 heavy (non-hydrogen) atoms. The van der Waals surface area contributed by atoms with Crippen LogP contribution in [0.2, 0.25) is 10.0 Å². The second-order valence-electron chi connectivity index (χ2n) is 4.35. The SMILES string of the molecule is COc1cc(Br)c(C(N)c2cccc(Cl)c2Cl)cc1OC. The smallest absolute Gasteiger partial charge is 0.161 e. The first kappa shape index (κ1) is 16.4. The van der Waals surface area contributed by atoms with E-state index >= 15 is 0 Å². The van der Waals surface area contributed by atoms with E-state index in [1.54, 1.807) is 20.3 Å². The van der Waals surface area contributed by atoms with Crippen LogP contribution < -0.4 is 15.2 Å². The molecule has 0 bridgehead atoms. The number of ether oxygens (including phenoxy) is 2. The van der Waals surface area contributed by atoms with Crippen LogP contribution in [0.3, 0.4) is 0 Å². The second kappa shape index (κ2) is 6.88. The van der Waals surface area contributed by atoms with Crippen molar-refractivity contribution in [3.05, 3.63) is 56.0 Å². The van der Waals surface area contributed by atoms with Gasteiger partial charge in [0.05, 0.1) is 30.3 Å². The molecule has 0 fully saturated rings. The van der Waals surface area contributed by atoms with Crippen molar-refractivity contribution in [3.8, 4) is 11.5 Å². The number of rotatable bonds is 4. The van der Waals surface area contributed by atoms with Gasteiger partial charge in [-0.3, -0.25) is 0 Å². The number of benzene rings is 2. The third-order valence-corrected chi connectivity index (χ3v) is 4.67. The molecule has 0 aromatic heterocycles. The Balaban J connectivity index is 2.53. The Bertz CT molecular complexity index is 664. The lowest BCUT2D eigenvalue weighted by atomic mass is 9.99. The van der Waals surface area contributed by atoms with Crippen LogP contribution in [0, 0.1) is 0 Å². The topological polar surface area (TPSA) is 44.5 Å². The Morgan fingerprint density at radius 3 is 2.29 bits per heavy atom. The van der Waals surface area contributed by atoms with Crippen molar-refractivity contribution < 1.29 is 9.47 Å². The molecule has 0 radical (unpaired) electrons. The van der Waals surface area contributed by atoms with Crippen molar-refractivity contribution in [1.29, 1.82) is 0 Å². The quantitative estimate of drug-likeness (QED) is 0.813. The maximum atomic E-state index is 6.33. The molecule has 0 saturated heterocycles. The minimum atomic E-state index is -0.439. The van der Waals surface area contributed by atoms with Gasteiger partial charge in [0, 0.05) is 4.47 Å². The highest BCUT2D eigenvalue weighted by Crippen LogP contribution is 2.39. The number of methoxy groups -OCH3 is 2. The summed E-state index contributed by atoms with van der Waals surface area (Å²) in [7, 11) is 3.16. The fourth-order valence-corrected chi connectivity index (χ4v) is 3.03. The summed E-state index contributed by atoms with van der Waals surface area (Å²) < 4.78 is 11.4. The summed E-state index contributed by atoms with van der Waals surface area (Å²) in [6.45, 7) is 0. The monoisotopic (exact) mass is 389 g/mol. The molecule has 0 saturated carbocycles. The standard InChI is InChI=1S/C15H14BrCl2NO2/c1-20-12-6-9(10(16)7-13(12)21-2)15(19)8-4-3-5-11(17)14(8)18/h3-7,15H,19H2,1-2H3. The van der Waals surface area contributed by atoms with Gasteiger partial charge in [0.15, 0.2) is 11.5 Å². The van der Waals surface area contributed by atoms with E-state index in [1.807, 2.05) is 24.3 Å². The molecule has 0 aliphatic carbocycles. The summed E-state index contributed by atoms with van der Waals surface area (Å²) in [6.07, 6.45) is 0. The molecule has 2 aromatic carbocycles. The van der Waals surface area contributed by atoms with E-state index < -0.39 is 6.04 Å². The highest BCUT2D eigenvalue weighted by molar-refractivity contribution is 9.10. The minimum absolute atomic E-state index is 0.439. The molecule has 0 spiro atoms. The van der Waals surface area contributed by atoms with Crippen molar-refractivity contribution in [2.75, 3.05) is 14.2 Å². The first-order valence-corrected chi connectivity index (χ1v) is 7.65. The van der Waals surface area contributed by atoms with E-state index in [9.17, 15) is 0 Å². The fourth-order valence-electron chi connectivity index (χ4n) is 2.04. The van der Waals surface area contributed by atoms with E-state index in [1.165, 1.54) is 0 Å². The molecule has 1 unspecified atom stereocenters. The van der Waals surface area contributed by atoms with E-state index in [-0.39, 0.29) is 0 Å². The van der Waals surface area contributed by atoms with Crippen molar-refractivity contribution >= 4 is 39.1 Å². The Labute approximate surface area is 142 Å². The molecule has 2 N–H and O–H groups in total. The van der Waals surface area contributed by atoms with Crippen LogP contribution in [-0.4, -0.2) is 14.2 Å². The van der Waals surface area contributed by atoms with Gasteiger partial charge >= 0.3 is 0 Å². The predicted octanol–water partition coefficient (Wildman–Crippen LogP) is 4.82. The maximum absolute atomic E-state index is 6.33. The van der Waals surface area contributed by atoms with Crippen molar-refractivity contribution in [2.24, 2.45) is 5.73 Å². The normalized spacial score (nSPS) is 12.1. The molecular formula is C15H14BrCl2NO2. The van der Waals surface area contributed by atoms with Crippen molar-refractivity contribution in [1.82, 2.24) is 0 Å². The summed E-state index contributed by atoms with van der Waals surface area (Å²) in [6, 6.07) is 8.59. The average Bonchev–Trinajstić information content (AvgIpc) is 2.49. The average molecular weight is 391 g/mol. The van der Waals surface area contributed by atoms with Crippen LogP contribution in [0.1, 0.15) is 17.2 Å². The van der Waals surface area contributed by atoms with E-state index in [0.717, 1.165) is 15.6 Å². The van der Waals surface area contributed by atoms with Gasteiger partial charge < -0.3 is 15.2 Å². The van der Waals surface area contributed by atoms with Crippen molar-refractivity contribution in [3.63, 3.8) is 0 Å². The Morgan fingerprint density at radius 1 is 1.05 bits per heavy atom. The van der Waals surface area contributed by atoms with E-state index in [0.29, 0.717) is 21.5 Å². The first-order valence-electron chi connectivity index (χ1n) is 6.10. The molecule has 0 aliphatic heterocycles. The van der Waals surface area contributed by atoms with Gasteiger partial charge in [0.25, 0.3) is 0 Å². The van der Waals surface area contributed by atoms with Gasteiger partial charge in [-0.2, -0.15) is 0 Å². The van der Waals surface area contributed by atoms with Crippen LogP contribution in [-0.2, 0) is 0 Å². The lowest BCUT2D eigenvalue weighted by Crippen LogP contribution is -2.13. The summed E-state index contributed by atoms with van der Waals surface area (Å²) in [5.41, 5.74) is 7.91. The molecular weight excluding hydrogens is 377 g/mol. The maximum Gasteiger partial charge on any atom is 0.161 e. The van der Waals surface area contributed by atoms with Crippen LogP contribution in [0.4, 0.5) is 0 Å². The van der Waals surface area contributed by atoms with Crippen LogP contribution in [0.15, 0.2) is 34.8 Å². The molecule has 6 heteroatoms. The lowest BCUT2D eigenvalue weighted by Gasteiger charge is -2.18. The zero-order chi connectivity index (χ0) is 15.6. The molecule has 0 amide bonds. The molecule has 1 atom stereocenters. The van der Waals surface area contributed by atoms with E-state index in [4.69, 9.17) is 38.4 Å². The molecule has 0 aliphatic rings.